The monoisotopic (exact) mass is 340 g/mol. The quantitative estimate of drug-likeness (QED) is 0.915. The first-order chi connectivity index (χ1) is 10.8. The van der Waals surface area contributed by atoms with Gasteiger partial charge in [-0.05, 0) is 45.7 Å². The largest absolute Gasteiger partial charge is 0.444 e. The van der Waals surface area contributed by atoms with E-state index in [9.17, 15) is 4.79 Å². The van der Waals surface area contributed by atoms with Crippen molar-refractivity contribution in [3.05, 3.63) is 21.9 Å². The molecule has 23 heavy (non-hydrogen) atoms. The third-order valence-electron chi connectivity index (χ3n) is 3.79. The summed E-state index contributed by atoms with van der Waals surface area (Å²) in [4.78, 5) is 16.8. The van der Waals surface area contributed by atoms with Gasteiger partial charge >= 0.3 is 6.09 Å². The van der Waals surface area contributed by atoms with E-state index in [0.29, 0.717) is 19.8 Å². The summed E-state index contributed by atoms with van der Waals surface area (Å²) in [5.74, 6) is 0. The number of aryl methyl sites for hydroxylation is 1. The number of carbonyl (C=O) groups is 1. The molecule has 6 heteroatoms. The zero-order valence-corrected chi connectivity index (χ0v) is 15.3. The first kappa shape index (κ1) is 18.2. The summed E-state index contributed by atoms with van der Waals surface area (Å²) >= 11 is 1.79. The van der Waals surface area contributed by atoms with E-state index in [0.717, 1.165) is 12.8 Å². The van der Waals surface area contributed by atoms with E-state index in [2.05, 4.69) is 19.1 Å². The van der Waals surface area contributed by atoms with Gasteiger partial charge < -0.3 is 15.2 Å². The van der Waals surface area contributed by atoms with Crippen LogP contribution in [0.5, 0.6) is 0 Å². The number of rotatable bonds is 4. The predicted molar refractivity (Wildman–Crippen MR) is 92.9 cm³/mol. The molecule has 2 N–H and O–H groups in total. The molecule has 1 aliphatic heterocycles. The Bertz CT molecular complexity index is 524. The van der Waals surface area contributed by atoms with Crippen molar-refractivity contribution in [2.24, 2.45) is 5.73 Å². The molecule has 1 fully saturated rings. The van der Waals surface area contributed by atoms with Gasteiger partial charge in [0.05, 0.1) is 19.3 Å². The third kappa shape index (κ3) is 5.19. The summed E-state index contributed by atoms with van der Waals surface area (Å²) in [6, 6.07) is 3.97. The Labute approximate surface area is 142 Å². The summed E-state index contributed by atoms with van der Waals surface area (Å²) in [7, 11) is 0. The van der Waals surface area contributed by atoms with Gasteiger partial charge in [0, 0.05) is 22.3 Å². The highest BCUT2D eigenvalue weighted by atomic mass is 32.1. The number of morpholine rings is 1. The molecule has 2 atom stereocenters. The van der Waals surface area contributed by atoms with Crippen LogP contribution in [0.15, 0.2) is 12.1 Å². The van der Waals surface area contributed by atoms with Gasteiger partial charge in [-0.2, -0.15) is 0 Å². The van der Waals surface area contributed by atoms with Crippen molar-refractivity contribution in [1.82, 2.24) is 4.90 Å². The average Bonchev–Trinajstić information content (AvgIpc) is 2.93. The van der Waals surface area contributed by atoms with Gasteiger partial charge in [-0.25, -0.2) is 4.79 Å². The van der Waals surface area contributed by atoms with Crippen molar-refractivity contribution in [2.75, 3.05) is 19.8 Å². The molecule has 1 aromatic heterocycles. The second-order valence-corrected chi connectivity index (χ2v) is 8.16. The molecular weight excluding hydrogens is 312 g/mol. The predicted octanol–water partition coefficient (Wildman–Crippen LogP) is 2.82. The molecule has 1 aliphatic rings. The number of ether oxygens (including phenoxy) is 2. The number of nitrogens with two attached hydrogens (primary N) is 1. The topological polar surface area (TPSA) is 64.8 Å². The van der Waals surface area contributed by atoms with Crippen LogP contribution in [-0.4, -0.2) is 48.4 Å². The van der Waals surface area contributed by atoms with Crippen molar-refractivity contribution in [1.29, 1.82) is 0 Å². The lowest BCUT2D eigenvalue weighted by atomic mass is 10.0. The van der Waals surface area contributed by atoms with Gasteiger partial charge in [0.15, 0.2) is 0 Å². The highest BCUT2D eigenvalue weighted by Gasteiger charge is 2.34. The molecule has 1 saturated heterocycles. The number of hydrogen-bond donors (Lipinski definition) is 1. The fourth-order valence-electron chi connectivity index (χ4n) is 2.62. The molecule has 0 saturated carbocycles. The van der Waals surface area contributed by atoms with Crippen molar-refractivity contribution in [2.45, 2.75) is 58.2 Å². The molecule has 1 amide bonds. The molecule has 2 rings (SSSR count). The Morgan fingerprint density at radius 1 is 1.48 bits per heavy atom. The van der Waals surface area contributed by atoms with E-state index in [4.69, 9.17) is 15.2 Å². The van der Waals surface area contributed by atoms with E-state index in [-0.39, 0.29) is 18.2 Å². The van der Waals surface area contributed by atoms with Gasteiger partial charge in [-0.15, -0.1) is 11.3 Å². The summed E-state index contributed by atoms with van der Waals surface area (Å²) < 4.78 is 11.1. The zero-order valence-electron chi connectivity index (χ0n) is 14.5. The smallest absolute Gasteiger partial charge is 0.410 e. The maximum absolute atomic E-state index is 12.4. The van der Waals surface area contributed by atoms with Crippen LogP contribution in [0.3, 0.4) is 0 Å². The Morgan fingerprint density at radius 3 is 2.78 bits per heavy atom. The van der Waals surface area contributed by atoms with Crippen LogP contribution in [0.2, 0.25) is 0 Å². The maximum Gasteiger partial charge on any atom is 0.410 e. The van der Waals surface area contributed by atoms with Crippen LogP contribution in [0.4, 0.5) is 4.79 Å². The summed E-state index contributed by atoms with van der Waals surface area (Å²) in [5, 5.41) is 0. The van der Waals surface area contributed by atoms with Gasteiger partial charge in [0.1, 0.15) is 5.60 Å². The number of thiophene rings is 1. The van der Waals surface area contributed by atoms with Crippen molar-refractivity contribution < 1.29 is 14.3 Å². The fraction of sp³-hybridized carbons (Fsp3) is 0.706. The van der Waals surface area contributed by atoms with Gasteiger partial charge in [0.25, 0.3) is 0 Å². The Kier molecular flexibility index (Phi) is 6.06. The number of carbonyl (C=O) groups excluding carboxylic acids is 1. The highest BCUT2D eigenvalue weighted by molar-refractivity contribution is 7.11. The molecule has 1 aromatic rings. The van der Waals surface area contributed by atoms with Crippen LogP contribution in [-0.2, 0) is 22.3 Å². The molecular formula is C17H28N2O3S. The molecule has 130 valence electrons. The SMILES string of the molecule is CCc1ccc(CC(N)C2COCCN2C(=O)OC(C)(C)C)s1. The molecule has 2 unspecified atom stereocenters. The fourth-order valence-corrected chi connectivity index (χ4v) is 3.64. The lowest BCUT2D eigenvalue weighted by Crippen LogP contribution is -2.58. The van der Waals surface area contributed by atoms with Crippen molar-refractivity contribution in [3.63, 3.8) is 0 Å². The van der Waals surface area contributed by atoms with Gasteiger partial charge in [-0.3, -0.25) is 4.90 Å². The van der Waals surface area contributed by atoms with E-state index in [1.54, 1.807) is 16.2 Å². The second kappa shape index (κ2) is 7.64. The first-order valence-electron chi connectivity index (χ1n) is 8.20. The maximum atomic E-state index is 12.4. The van der Waals surface area contributed by atoms with Gasteiger partial charge in [-0.1, -0.05) is 6.92 Å². The van der Waals surface area contributed by atoms with E-state index in [1.165, 1.54) is 9.75 Å². The van der Waals surface area contributed by atoms with E-state index >= 15 is 0 Å². The van der Waals surface area contributed by atoms with E-state index < -0.39 is 5.60 Å². The van der Waals surface area contributed by atoms with Crippen LogP contribution in [0, 0.1) is 0 Å². The molecule has 5 nitrogen and oxygen atoms in total. The summed E-state index contributed by atoms with van der Waals surface area (Å²) in [6.45, 7) is 9.29. The summed E-state index contributed by atoms with van der Waals surface area (Å²) in [6.07, 6.45) is 1.48. The second-order valence-electron chi connectivity index (χ2n) is 6.91. The first-order valence-corrected chi connectivity index (χ1v) is 9.02. The van der Waals surface area contributed by atoms with Crippen molar-refractivity contribution >= 4 is 17.4 Å². The Balaban J connectivity index is 2.03. The molecule has 0 aliphatic carbocycles. The molecule has 0 spiro atoms. The lowest BCUT2D eigenvalue weighted by molar-refractivity contribution is -0.0378. The number of hydrogen-bond acceptors (Lipinski definition) is 5. The Hall–Kier alpha value is -1.11. The standard InChI is InChI=1S/C17H28N2O3S/c1-5-12-6-7-13(23-12)10-14(18)15-11-21-9-8-19(15)16(20)22-17(2,3)4/h6-7,14-15H,5,8-11,18H2,1-4H3. The molecule has 0 radical (unpaired) electrons. The van der Waals surface area contributed by atoms with Crippen LogP contribution in [0.25, 0.3) is 0 Å². The molecule has 0 bridgehead atoms. The minimum absolute atomic E-state index is 0.147. The Morgan fingerprint density at radius 2 is 2.17 bits per heavy atom. The van der Waals surface area contributed by atoms with E-state index in [1.807, 2.05) is 20.8 Å². The van der Waals surface area contributed by atoms with Crippen LogP contribution in [0.1, 0.15) is 37.4 Å². The van der Waals surface area contributed by atoms with Crippen LogP contribution < -0.4 is 5.73 Å². The van der Waals surface area contributed by atoms with Crippen molar-refractivity contribution in [3.8, 4) is 0 Å². The minimum atomic E-state index is -0.506. The molecule has 0 aromatic carbocycles. The van der Waals surface area contributed by atoms with Gasteiger partial charge in [0.2, 0.25) is 0 Å². The normalized spacial score (nSPS) is 20.4. The number of amides is 1. The zero-order chi connectivity index (χ0) is 17.0. The number of nitrogens with zero attached hydrogens (tertiary/aromatic N) is 1. The third-order valence-corrected chi connectivity index (χ3v) is 5.04. The minimum Gasteiger partial charge on any atom is -0.444 e. The highest BCUT2D eigenvalue weighted by Crippen LogP contribution is 2.22. The average molecular weight is 340 g/mol. The van der Waals surface area contributed by atoms with Crippen LogP contribution >= 0.6 is 11.3 Å². The lowest BCUT2D eigenvalue weighted by Gasteiger charge is -2.39. The molecule has 2 heterocycles. The summed E-state index contributed by atoms with van der Waals surface area (Å²) in [5.41, 5.74) is 5.89.